The Kier molecular flexibility index (Phi) is 9.42. The molecule has 0 saturated carbocycles. The summed E-state index contributed by atoms with van der Waals surface area (Å²) in [5, 5.41) is 8.63. The second-order valence-corrected chi connectivity index (χ2v) is 8.77. The molecule has 2 heterocycles. The molecule has 0 aromatic rings. The highest BCUT2D eigenvalue weighted by Gasteiger charge is 2.53. The molecule has 2 amide bonds. The molecule has 0 aliphatic carbocycles. The van der Waals surface area contributed by atoms with Crippen LogP contribution in [0.1, 0.15) is 41.0 Å². The maximum atomic E-state index is 13.2. The maximum absolute atomic E-state index is 13.2. The number of hydrogen-bond donors (Lipinski definition) is 1. The van der Waals surface area contributed by atoms with Crippen LogP contribution in [0.2, 0.25) is 0 Å². The molecule has 2 aliphatic rings. The van der Waals surface area contributed by atoms with Gasteiger partial charge in [-0.2, -0.15) is 0 Å². The van der Waals surface area contributed by atoms with Gasteiger partial charge in [-0.3, -0.25) is 9.59 Å². The number of carbonyl (C=O) groups excluding carboxylic acids is 3. The zero-order chi connectivity index (χ0) is 23.9. The quantitative estimate of drug-likeness (QED) is 0.474. The van der Waals surface area contributed by atoms with Gasteiger partial charge in [0.2, 0.25) is 5.91 Å². The number of ether oxygens (including phenoxy) is 4. The third-order valence-electron chi connectivity index (χ3n) is 5.42. The summed E-state index contributed by atoms with van der Waals surface area (Å²) >= 11 is 0. The third-order valence-corrected chi connectivity index (χ3v) is 5.42. The van der Waals surface area contributed by atoms with E-state index in [-0.39, 0.29) is 24.9 Å². The molecule has 0 unspecified atom stereocenters. The predicted octanol–water partition coefficient (Wildman–Crippen LogP) is 2.23. The van der Waals surface area contributed by atoms with E-state index >= 15 is 0 Å². The molecule has 2 rings (SSSR count). The zero-order valence-electron chi connectivity index (χ0n) is 19.5. The lowest BCUT2D eigenvalue weighted by molar-refractivity contribution is -0.143. The van der Waals surface area contributed by atoms with Crippen molar-refractivity contribution in [2.75, 3.05) is 33.0 Å². The van der Waals surface area contributed by atoms with Crippen molar-refractivity contribution in [3.05, 3.63) is 24.0 Å². The Morgan fingerprint density at radius 1 is 1.16 bits per heavy atom. The van der Waals surface area contributed by atoms with E-state index in [1.807, 2.05) is 13.8 Å². The van der Waals surface area contributed by atoms with Crippen LogP contribution in [-0.4, -0.2) is 78.6 Å². The minimum absolute atomic E-state index is 0.0139. The molecular weight excluding hydrogens is 418 g/mol. The molecular formula is C23H35NO8. The number of carbonyl (C=O) groups is 3. The van der Waals surface area contributed by atoms with Gasteiger partial charge in [-0.15, -0.1) is 0 Å². The Bertz CT molecular complexity index is 742. The van der Waals surface area contributed by atoms with Crippen LogP contribution in [0.25, 0.3) is 0 Å². The fourth-order valence-corrected chi connectivity index (χ4v) is 4.07. The smallest absolute Gasteiger partial charge is 0.417 e. The monoisotopic (exact) mass is 453 g/mol. The first-order chi connectivity index (χ1) is 15.1. The summed E-state index contributed by atoms with van der Waals surface area (Å²) in [4.78, 5) is 39.3. The van der Waals surface area contributed by atoms with Gasteiger partial charge >= 0.3 is 6.09 Å². The maximum Gasteiger partial charge on any atom is 0.417 e. The number of ketones is 1. The number of aliphatic hydroxyl groups excluding tert-OH is 1. The van der Waals surface area contributed by atoms with Crippen molar-refractivity contribution in [3.8, 4) is 0 Å². The van der Waals surface area contributed by atoms with Crippen molar-refractivity contribution < 1.29 is 38.4 Å². The number of rotatable bonds is 11. The van der Waals surface area contributed by atoms with E-state index in [4.69, 9.17) is 24.1 Å². The van der Waals surface area contributed by atoms with Gasteiger partial charge in [0.1, 0.15) is 11.4 Å². The fourth-order valence-electron chi connectivity index (χ4n) is 4.07. The van der Waals surface area contributed by atoms with E-state index in [0.29, 0.717) is 32.0 Å². The largest absolute Gasteiger partial charge is 0.482 e. The molecule has 1 fully saturated rings. The van der Waals surface area contributed by atoms with Crippen molar-refractivity contribution in [2.45, 2.75) is 58.8 Å². The average molecular weight is 454 g/mol. The van der Waals surface area contributed by atoms with Crippen LogP contribution >= 0.6 is 0 Å². The fraction of sp³-hybridized carbons (Fsp3) is 0.696. The van der Waals surface area contributed by atoms with E-state index in [2.05, 4.69) is 0 Å². The molecule has 0 bridgehead atoms. The normalized spacial score (nSPS) is 24.7. The Hall–Kier alpha value is -2.23. The summed E-state index contributed by atoms with van der Waals surface area (Å²) in [5.41, 5.74) is -0.813. The third kappa shape index (κ3) is 6.40. The Morgan fingerprint density at radius 2 is 1.81 bits per heavy atom. The van der Waals surface area contributed by atoms with Gasteiger partial charge in [-0.1, -0.05) is 13.8 Å². The Balaban J connectivity index is 1.97. The molecule has 0 spiro atoms. The van der Waals surface area contributed by atoms with Crippen LogP contribution in [0.15, 0.2) is 24.0 Å². The summed E-state index contributed by atoms with van der Waals surface area (Å²) in [6.07, 6.45) is 3.57. The number of hydrogen-bond acceptors (Lipinski definition) is 8. The van der Waals surface area contributed by atoms with Gasteiger partial charge < -0.3 is 24.1 Å². The standard InChI is InChI=1S/C23H35NO8/c1-15(2)20-23(4,5)32-22(28)24(20)21(27)16(3)19-18(26)9-8-17(31-19)7-6-11-29-13-14-30-12-10-25/h7-9,15-16,19-20,25H,6,10-14H2,1-5H3/t16-,19+,20-/m1/s1. The predicted molar refractivity (Wildman–Crippen MR) is 116 cm³/mol. The number of cyclic esters (lactones) is 1. The second kappa shape index (κ2) is 11.6. The highest BCUT2D eigenvalue weighted by atomic mass is 16.6. The lowest BCUT2D eigenvalue weighted by atomic mass is 9.87. The van der Waals surface area contributed by atoms with Gasteiger partial charge in [0, 0.05) is 0 Å². The zero-order valence-corrected chi connectivity index (χ0v) is 19.5. The van der Waals surface area contributed by atoms with Gasteiger partial charge in [0.05, 0.1) is 45.0 Å². The van der Waals surface area contributed by atoms with Gasteiger partial charge in [-0.25, -0.2) is 9.69 Å². The lowest BCUT2D eigenvalue weighted by Crippen LogP contribution is -2.52. The lowest BCUT2D eigenvalue weighted by Gasteiger charge is -2.33. The van der Waals surface area contributed by atoms with E-state index in [1.165, 1.54) is 6.08 Å². The minimum Gasteiger partial charge on any atom is -0.482 e. The number of nitrogens with zero attached hydrogens (tertiary/aromatic N) is 1. The first-order valence-corrected chi connectivity index (χ1v) is 11.0. The van der Waals surface area contributed by atoms with Crippen LogP contribution in [0, 0.1) is 11.8 Å². The van der Waals surface area contributed by atoms with Crippen molar-refractivity contribution in [3.63, 3.8) is 0 Å². The molecule has 32 heavy (non-hydrogen) atoms. The molecule has 1 N–H and O–H groups in total. The number of aliphatic hydroxyl groups is 1. The van der Waals surface area contributed by atoms with Gasteiger partial charge in [0.25, 0.3) is 0 Å². The van der Waals surface area contributed by atoms with E-state index < -0.39 is 35.7 Å². The molecule has 2 aliphatic heterocycles. The van der Waals surface area contributed by atoms with E-state index in [1.54, 1.807) is 32.9 Å². The average Bonchev–Trinajstić information content (AvgIpc) is 2.98. The number of amides is 2. The summed E-state index contributed by atoms with van der Waals surface area (Å²) in [6.45, 7) is 10.5. The summed E-state index contributed by atoms with van der Waals surface area (Å²) in [5.74, 6) is -1.22. The van der Waals surface area contributed by atoms with Gasteiger partial charge in [0.15, 0.2) is 11.9 Å². The van der Waals surface area contributed by atoms with Crippen LogP contribution in [0.3, 0.4) is 0 Å². The first kappa shape index (κ1) is 26.0. The van der Waals surface area contributed by atoms with Crippen molar-refractivity contribution >= 4 is 17.8 Å². The number of imide groups is 1. The molecule has 0 radical (unpaired) electrons. The van der Waals surface area contributed by atoms with Crippen LogP contribution in [0.4, 0.5) is 4.79 Å². The van der Waals surface area contributed by atoms with Crippen molar-refractivity contribution in [1.29, 1.82) is 0 Å². The highest BCUT2D eigenvalue weighted by Crippen LogP contribution is 2.36. The molecule has 9 nitrogen and oxygen atoms in total. The SMILES string of the molecule is CC(C)[C@H]1N(C(=O)[C@H](C)[C@@H]2OC(=CCCOCCOCCO)C=CC2=O)C(=O)OC1(C)C. The Morgan fingerprint density at radius 3 is 2.44 bits per heavy atom. The van der Waals surface area contributed by atoms with E-state index in [9.17, 15) is 14.4 Å². The summed E-state index contributed by atoms with van der Waals surface area (Å²) in [7, 11) is 0. The molecule has 1 saturated heterocycles. The molecule has 0 aromatic heterocycles. The van der Waals surface area contributed by atoms with Crippen LogP contribution < -0.4 is 0 Å². The second-order valence-electron chi connectivity index (χ2n) is 8.77. The first-order valence-electron chi connectivity index (χ1n) is 11.0. The summed E-state index contributed by atoms with van der Waals surface area (Å²) < 4.78 is 21.8. The highest BCUT2D eigenvalue weighted by molar-refractivity contribution is 6.02. The topological polar surface area (TPSA) is 112 Å². The van der Waals surface area contributed by atoms with Crippen molar-refractivity contribution in [2.24, 2.45) is 11.8 Å². The van der Waals surface area contributed by atoms with Crippen LogP contribution in [-0.2, 0) is 28.5 Å². The minimum atomic E-state index is -1.02. The number of allylic oxidation sites excluding steroid dienone is 1. The van der Waals surface area contributed by atoms with Gasteiger partial charge in [-0.05, 0) is 51.3 Å². The Labute approximate surface area is 189 Å². The van der Waals surface area contributed by atoms with E-state index in [0.717, 1.165) is 4.90 Å². The summed E-state index contributed by atoms with van der Waals surface area (Å²) in [6, 6.07) is -0.437. The molecule has 9 heteroatoms. The molecule has 180 valence electrons. The van der Waals surface area contributed by atoms with Crippen molar-refractivity contribution in [1.82, 2.24) is 4.90 Å². The molecule has 0 aromatic carbocycles. The molecule has 3 atom stereocenters. The van der Waals surface area contributed by atoms with Crippen LogP contribution in [0.5, 0.6) is 0 Å².